The topological polar surface area (TPSA) is 129 Å². The van der Waals surface area contributed by atoms with Crippen LogP contribution in [0.1, 0.15) is 12.0 Å². The summed E-state index contributed by atoms with van der Waals surface area (Å²) < 4.78 is 39.8. The van der Waals surface area contributed by atoms with Crippen molar-refractivity contribution >= 4 is 26.5 Å². The Hall–Kier alpha value is -3.12. The number of rotatable bonds is 10. The van der Waals surface area contributed by atoms with Crippen LogP contribution in [0, 0.1) is 5.82 Å². The van der Waals surface area contributed by atoms with E-state index in [1.165, 1.54) is 22.3 Å². The molecule has 9 nitrogen and oxygen atoms in total. The zero-order chi connectivity index (χ0) is 25.8. The predicted molar refractivity (Wildman–Crippen MR) is 130 cm³/mol. The number of nitrogens with one attached hydrogen (secondary N) is 1. The number of hydrogen-bond donors (Lipinski definition) is 3. The Morgan fingerprint density at radius 2 is 1.94 bits per heavy atom. The molecule has 1 amide bonds. The molecule has 3 aromatic rings. The summed E-state index contributed by atoms with van der Waals surface area (Å²) in [6, 6.07) is 11.5. The number of aromatic nitrogens is 1. The molecule has 0 bridgehead atoms. The van der Waals surface area contributed by atoms with Crippen molar-refractivity contribution in [3.63, 3.8) is 0 Å². The highest BCUT2D eigenvalue weighted by molar-refractivity contribution is 7.92. The minimum Gasteiger partial charge on any atom is -0.395 e. The van der Waals surface area contributed by atoms with Gasteiger partial charge in [-0.25, -0.2) is 18.3 Å². The van der Waals surface area contributed by atoms with Crippen LogP contribution in [0.3, 0.4) is 0 Å². The van der Waals surface area contributed by atoms with Gasteiger partial charge in [-0.05, 0) is 54.2 Å². The Morgan fingerprint density at radius 3 is 2.57 bits per heavy atom. The van der Waals surface area contributed by atoms with Crippen molar-refractivity contribution in [2.45, 2.75) is 24.8 Å². The Kier molecular flexibility index (Phi) is 8.39. The van der Waals surface area contributed by atoms with Crippen LogP contribution in [0.5, 0.6) is 0 Å². The van der Waals surface area contributed by atoms with Crippen molar-refractivity contribution in [2.75, 3.05) is 26.5 Å². The van der Waals surface area contributed by atoms with Gasteiger partial charge < -0.3 is 9.67 Å². The molecule has 0 aliphatic carbocycles. The number of fused-ring (bicyclic) bond motifs is 1. The third kappa shape index (κ3) is 6.31. The van der Waals surface area contributed by atoms with E-state index in [9.17, 15) is 22.4 Å². The molecule has 0 aliphatic rings. The fraction of sp³-hybridized carbons (Fsp3) is 0.333. The van der Waals surface area contributed by atoms with E-state index in [0.29, 0.717) is 35.0 Å². The lowest BCUT2D eigenvalue weighted by Gasteiger charge is -2.16. The fourth-order valence-corrected chi connectivity index (χ4v) is 4.93. The first-order valence-corrected chi connectivity index (χ1v) is 12.8. The summed E-state index contributed by atoms with van der Waals surface area (Å²) >= 11 is 0. The molecule has 0 radical (unpaired) electrons. The summed E-state index contributed by atoms with van der Waals surface area (Å²) in [5.74, 6) is -1.46. The van der Waals surface area contributed by atoms with Crippen molar-refractivity contribution < 1.29 is 27.9 Å². The number of aryl methyl sites for hydroxylation is 1. The number of hydrogen-bond acceptors (Lipinski definition) is 7. The second-order valence-electron chi connectivity index (χ2n) is 8.47. The van der Waals surface area contributed by atoms with Gasteiger partial charge in [0.05, 0.1) is 6.61 Å². The number of likely N-dealkylation sites (N-methyl/N-ethyl adjacent to an activating group) is 1. The quantitative estimate of drug-likeness (QED) is 0.282. The van der Waals surface area contributed by atoms with Gasteiger partial charge >= 0.3 is 0 Å². The summed E-state index contributed by atoms with van der Waals surface area (Å²) in [6.07, 6.45) is 2.18. The molecule has 3 N–H and O–H groups in total. The van der Waals surface area contributed by atoms with Gasteiger partial charge in [0.25, 0.3) is 11.5 Å². The lowest BCUT2D eigenvalue weighted by Crippen LogP contribution is -2.39. The van der Waals surface area contributed by atoms with E-state index >= 15 is 0 Å². The molecule has 3 rings (SSSR count). The maximum absolute atomic E-state index is 14.8. The number of amides is 1. The smallest absolute Gasteiger partial charge is 0.261 e. The third-order valence-corrected chi connectivity index (χ3v) is 7.29. The molecule has 1 atom stereocenters. The number of carbonyl (C=O) groups excluding carboxylic acids is 1. The van der Waals surface area contributed by atoms with E-state index in [4.69, 9.17) is 10.3 Å². The summed E-state index contributed by atoms with van der Waals surface area (Å²) in [4.78, 5) is 26.5. The highest BCUT2D eigenvalue weighted by Gasteiger charge is 2.28. The van der Waals surface area contributed by atoms with Gasteiger partial charge in [0, 0.05) is 43.0 Å². The minimum absolute atomic E-state index is 0.0200. The van der Waals surface area contributed by atoms with Crippen LogP contribution >= 0.6 is 0 Å². The van der Waals surface area contributed by atoms with Crippen molar-refractivity contribution in [1.29, 1.82) is 0 Å². The minimum atomic E-state index is -3.79. The van der Waals surface area contributed by atoms with Crippen LogP contribution in [-0.2, 0) is 27.7 Å². The molecule has 0 saturated heterocycles. The Morgan fingerprint density at radius 1 is 1.20 bits per heavy atom. The molecule has 1 heterocycles. The largest absolute Gasteiger partial charge is 0.395 e. The number of nitrogens with zero attached hydrogens (tertiary/aromatic N) is 2. The van der Waals surface area contributed by atoms with Gasteiger partial charge in [0.15, 0.2) is 9.84 Å². The first kappa shape index (κ1) is 26.5. The van der Waals surface area contributed by atoms with Crippen molar-refractivity contribution in [3.8, 4) is 11.1 Å². The molecule has 0 unspecified atom stereocenters. The van der Waals surface area contributed by atoms with Crippen molar-refractivity contribution in [1.82, 2.24) is 14.9 Å². The zero-order valence-electron chi connectivity index (χ0n) is 19.4. The first-order valence-electron chi connectivity index (χ1n) is 10.9. The Labute approximate surface area is 202 Å². The maximum Gasteiger partial charge on any atom is 0.261 e. The highest BCUT2D eigenvalue weighted by atomic mass is 32.2. The van der Waals surface area contributed by atoms with Crippen LogP contribution in [-0.4, -0.2) is 65.8 Å². The zero-order valence-corrected chi connectivity index (χ0v) is 20.3. The molecule has 1 aromatic heterocycles. The first-order chi connectivity index (χ1) is 16.5. The molecular weight excluding hydrogens is 477 g/mol. The normalized spacial score (nSPS) is 12.7. The number of halogens is 1. The van der Waals surface area contributed by atoms with Gasteiger partial charge in [0.1, 0.15) is 11.1 Å². The lowest BCUT2D eigenvalue weighted by molar-refractivity contribution is -0.128. The van der Waals surface area contributed by atoms with Crippen molar-refractivity contribution in [3.05, 3.63) is 70.4 Å². The van der Waals surface area contributed by atoms with E-state index in [-0.39, 0.29) is 25.1 Å². The third-order valence-electron chi connectivity index (χ3n) is 5.81. The van der Waals surface area contributed by atoms with E-state index in [1.54, 1.807) is 30.3 Å². The van der Waals surface area contributed by atoms with Gasteiger partial charge in [0.2, 0.25) is 0 Å². The van der Waals surface area contributed by atoms with Crippen LogP contribution in [0.25, 0.3) is 21.9 Å². The molecule has 2 aromatic carbocycles. The SMILES string of the molecule is CN(CCO)Cc1ccc(-c2ccc3c(=O)n(CC[C@H](C(=O)NO)S(C)(=O)=O)ccc3c2)c(F)c1. The second-order valence-corrected chi connectivity index (χ2v) is 10.7. The number of carbonyl (C=O) groups is 1. The summed E-state index contributed by atoms with van der Waals surface area (Å²) in [7, 11) is -1.96. The van der Waals surface area contributed by atoms with Gasteiger partial charge in [-0.15, -0.1) is 0 Å². The summed E-state index contributed by atoms with van der Waals surface area (Å²) in [6.45, 7) is 0.943. The standard InChI is InChI=1S/C24H28FN3O6S/c1-27(11-12-29)15-16-3-5-19(21(25)13-16)17-4-6-20-18(14-17)7-9-28(24(20)31)10-8-22(23(30)26-32)35(2,33)34/h3-7,9,13-14,22,29,32H,8,10-12,15H2,1-2H3,(H,26,30)/t22-/m1/s1. The second kappa shape index (κ2) is 11.1. The van der Waals surface area contributed by atoms with Crippen molar-refractivity contribution in [2.24, 2.45) is 0 Å². The number of aliphatic hydroxyl groups excluding tert-OH is 1. The average Bonchev–Trinajstić information content (AvgIpc) is 2.79. The van der Waals surface area contributed by atoms with E-state index in [2.05, 4.69) is 0 Å². The Balaban J connectivity index is 1.85. The van der Waals surface area contributed by atoms with Gasteiger partial charge in [-0.2, -0.15) is 0 Å². The number of sulfone groups is 1. The van der Waals surface area contributed by atoms with Crippen LogP contribution in [0.2, 0.25) is 0 Å². The molecule has 11 heteroatoms. The Bertz CT molecular complexity index is 1390. The number of hydroxylamine groups is 1. The van der Waals surface area contributed by atoms with Crippen LogP contribution < -0.4 is 11.0 Å². The number of aliphatic hydroxyl groups is 1. The van der Waals surface area contributed by atoms with E-state index in [0.717, 1.165) is 11.8 Å². The molecule has 0 aliphatic heterocycles. The van der Waals surface area contributed by atoms with Crippen LogP contribution in [0.4, 0.5) is 4.39 Å². The molecule has 35 heavy (non-hydrogen) atoms. The molecule has 0 fully saturated rings. The van der Waals surface area contributed by atoms with E-state index in [1.807, 2.05) is 18.0 Å². The highest BCUT2D eigenvalue weighted by Crippen LogP contribution is 2.27. The molecule has 0 spiro atoms. The number of pyridine rings is 1. The monoisotopic (exact) mass is 505 g/mol. The number of benzene rings is 2. The van der Waals surface area contributed by atoms with E-state index < -0.39 is 26.8 Å². The van der Waals surface area contributed by atoms with Crippen LogP contribution in [0.15, 0.2) is 53.5 Å². The molecule has 0 saturated carbocycles. The lowest BCUT2D eigenvalue weighted by atomic mass is 10.00. The van der Waals surface area contributed by atoms with Gasteiger partial charge in [-0.1, -0.05) is 18.2 Å². The maximum atomic E-state index is 14.8. The summed E-state index contributed by atoms with van der Waals surface area (Å²) in [5.41, 5.74) is 2.72. The summed E-state index contributed by atoms with van der Waals surface area (Å²) in [5, 5.41) is 17.3. The predicted octanol–water partition coefficient (Wildman–Crippen LogP) is 1.54. The molecule has 188 valence electrons. The average molecular weight is 506 g/mol. The van der Waals surface area contributed by atoms with Gasteiger partial charge in [-0.3, -0.25) is 19.7 Å². The molecular formula is C24H28FN3O6S. The fourth-order valence-electron chi connectivity index (χ4n) is 3.95.